The third kappa shape index (κ3) is 4.46. The zero-order chi connectivity index (χ0) is 28.2. The second-order valence-corrected chi connectivity index (χ2v) is 10.0. The van der Waals surface area contributed by atoms with Gasteiger partial charge in [-0.3, -0.25) is 9.69 Å². The molecule has 1 aliphatic rings. The Morgan fingerprint density at radius 1 is 0.775 bits per heavy atom. The van der Waals surface area contributed by atoms with E-state index in [2.05, 4.69) is 6.92 Å². The molecule has 0 aromatic heterocycles. The van der Waals surface area contributed by atoms with E-state index < -0.39 is 17.0 Å². The van der Waals surface area contributed by atoms with Crippen LogP contribution in [0.1, 0.15) is 48.4 Å². The van der Waals surface area contributed by atoms with Crippen LogP contribution in [0.5, 0.6) is 11.5 Å². The largest absolute Gasteiger partial charge is 0.497 e. The number of unbranched alkanes of at least 4 members (excludes halogenated alkanes) is 2. The van der Waals surface area contributed by atoms with Crippen LogP contribution in [-0.4, -0.2) is 25.2 Å². The number of rotatable bonds is 10. The fraction of sp³-hybridized carbons (Fsp3) is 0.229. The molecule has 5 nitrogen and oxygen atoms in total. The minimum Gasteiger partial charge on any atom is -0.497 e. The van der Waals surface area contributed by atoms with Gasteiger partial charge in [0.25, 0.3) is 5.91 Å². The highest BCUT2D eigenvalue weighted by Crippen LogP contribution is 2.52. The molecule has 204 valence electrons. The lowest BCUT2D eigenvalue weighted by atomic mass is 9.75. The summed E-state index contributed by atoms with van der Waals surface area (Å²) in [5.41, 5.74) is 0.894. The van der Waals surface area contributed by atoms with Crippen molar-refractivity contribution in [1.29, 1.82) is 0 Å². The summed E-state index contributed by atoms with van der Waals surface area (Å²) in [6.07, 6.45) is 6.40. The van der Waals surface area contributed by atoms with Crippen LogP contribution < -0.4 is 14.4 Å². The molecule has 0 saturated carbocycles. The van der Waals surface area contributed by atoms with Crippen molar-refractivity contribution in [3.05, 3.63) is 138 Å². The fourth-order valence-corrected chi connectivity index (χ4v) is 5.69. The van der Waals surface area contributed by atoms with Gasteiger partial charge in [-0.05, 0) is 59.5 Å². The number of nitrogens with zero attached hydrogens (tertiary/aromatic N) is 1. The number of carbonyl (C=O) groups is 1. The summed E-state index contributed by atoms with van der Waals surface area (Å²) in [6.45, 7) is 2.12. The van der Waals surface area contributed by atoms with Gasteiger partial charge in [0.2, 0.25) is 0 Å². The highest BCUT2D eigenvalue weighted by atomic mass is 16.5. The topological polar surface area (TPSA) is 59.0 Å². The SMILES string of the molecule is CCCC/C=C/[C@@]1(O)C(=O)N(C(c2ccccc2)(c2ccc(OC)cc2)c2ccc(OC)cc2)c2ccccc21. The van der Waals surface area contributed by atoms with Crippen LogP contribution in [-0.2, 0) is 15.9 Å². The average Bonchev–Trinajstić information content (AvgIpc) is 3.23. The van der Waals surface area contributed by atoms with E-state index in [4.69, 9.17) is 9.47 Å². The number of hydrogen-bond donors (Lipinski definition) is 1. The Morgan fingerprint density at radius 2 is 1.30 bits per heavy atom. The Morgan fingerprint density at radius 3 is 1.85 bits per heavy atom. The first-order valence-corrected chi connectivity index (χ1v) is 13.7. The molecule has 5 rings (SSSR count). The summed E-state index contributed by atoms with van der Waals surface area (Å²) in [7, 11) is 3.27. The molecular formula is C35H35NO4. The van der Waals surface area contributed by atoms with Crippen LogP contribution in [0, 0.1) is 0 Å². The number of anilines is 1. The minimum absolute atomic E-state index is 0.406. The van der Waals surface area contributed by atoms with Gasteiger partial charge in [-0.25, -0.2) is 0 Å². The van der Waals surface area contributed by atoms with Crippen LogP contribution in [0.15, 0.2) is 115 Å². The van der Waals surface area contributed by atoms with Crippen molar-refractivity contribution in [1.82, 2.24) is 0 Å². The Bertz CT molecular complexity index is 1430. The molecule has 5 heteroatoms. The zero-order valence-electron chi connectivity index (χ0n) is 23.2. The fourth-order valence-electron chi connectivity index (χ4n) is 5.69. The molecule has 4 aromatic carbocycles. The monoisotopic (exact) mass is 533 g/mol. The standard InChI is InChI=1S/C35H35NO4/c1-4-5-6-12-25-34(38)31-15-10-11-16-32(31)36(33(34)37)35(26-13-8-7-9-14-26,27-17-21-29(39-2)22-18-27)28-19-23-30(40-3)24-20-28/h7-25,38H,4-6H2,1-3H3/b25-12+/t34-/m0/s1. The van der Waals surface area contributed by atoms with E-state index in [9.17, 15) is 9.90 Å². The lowest BCUT2D eigenvalue weighted by Crippen LogP contribution is -2.53. The van der Waals surface area contributed by atoms with Gasteiger partial charge < -0.3 is 14.6 Å². The molecule has 1 heterocycles. The maximum Gasteiger partial charge on any atom is 0.269 e. The van der Waals surface area contributed by atoms with Gasteiger partial charge in [-0.15, -0.1) is 0 Å². The quantitative estimate of drug-likeness (QED) is 0.136. The molecule has 0 fully saturated rings. The molecule has 40 heavy (non-hydrogen) atoms. The van der Waals surface area contributed by atoms with Crippen molar-refractivity contribution in [2.45, 2.75) is 37.3 Å². The molecule has 0 aliphatic carbocycles. The Labute approximate surface area is 236 Å². The molecule has 0 spiro atoms. The third-order valence-electron chi connectivity index (χ3n) is 7.71. The predicted octanol–water partition coefficient (Wildman–Crippen LogP) is 6.98. The van der Waals surface area contributed by atoms with E-state index in [1.165, 1.54) is 0 Å². The number of ether oxygens (including phenoxy) is 2. The van der Waals surface area contributed by atoms with Gasteiger partial charge in [0.15, 0.2) is 5.60 Å². The van der Waals surface area contributed by atoms with Crippen molar-refractivity contribution >= 4 is 11.6 Å². The number of benzene rings is 4. The maximum atomic E-state index is 14.7. The smallest absolute Gasteiger partial charge is 0.269 e. The highest BCUT2D eigenvalue weighted by Gasteiger charge is 2.57. The van der Waals surface area contributed by atoms with Gasteiger partial charge in [-0.1, -0.05) is 98.6 Å². The lowest BCUT2D eigenvalue weighted by molar-refractivity contribution is -0.132. The summed E-state index contributed by atoms with van der Waals surface area (Å²) in [6, 6.07) is 33.0. The first-order valence-electron chi connectivity index (χ1n) is 13.7. The molecule has 1 N–H and O–H groups in total. The highest BCUT2D eigenvalue weighted by molar-refractivity contribution is 6.10. The lowest BCUT2D eigenvalue weighted by Gasteiger charge is -2.44. The first kappa shape index (κ1) is 27.2. The summed E-state index contributed by atoms with van der Waals surface area (Å²) in [5, 5.41) is 12.1. The van der Waals surface area contributed by atoms with Crippen LogP contribution in [0.4, 0.5) is 5.69 Å². The second-order valence-electron chi connectivity index (χ2n) is 10.0. The maximum absolute atomic E-state index is 14.7. The van der Waals surface area contributed by atoms with Crippen LogP contribution in [0.3, 0.4) is 0 Å². The van der Waals surface area contributed by atoms with Crippen LogP contribution >= 0.6 is 0 Å². The number of aliphatic hydroxyl groups is 1. The number of amides is 1. The van der Waals surface area contributed by atoms with E-state index >= 15 is 0 Å². The zero-order valence-corrected chi connectivity index (χ0v) is 23.2. The van der Waals surface area contributed by atoms with Crippen molar-refractivity contribution in [2.75, 3.05) is 19.1 Å². The van der Waals surface area contributed by atoms with Crippen molar-refractivity contribution in [3.63, 3.8) is 0 Å². The van der Waals surface area contributed by atoms with E-state index in [1.54, 1.807) is 25.2 Å². The molecule has 0 bridgehead atoms. The number of methoxy groups -OCH3 is 2. The Kier molecular flexibility index (Phi) is 7.76. The number of allylic oxidation sites excluding steroid dienone is 1. The number of para-hydroxylation sites is 1. The predicted molar refractivity (Wildman–Crippen MR) is 159 cm³/mol. The van der Waals surface area contributed by atoms with Crippen LogP contribution in [0.2, 0.25) is 0 Å². The summed E-state index contributed by atoms with van der Waals surface area (Å²) in [4.78, 5) is 16.5. The van der Waals surface area contributed by atoms with Gasteiger partial charge in [0, 0.05) is 5.56 Å². The summed E-state index contributed by atoms with van der Waals surface area (Å²) < 4.78 is 11.0. The molecule has 4 aromatic rings. The molecular weight excluding hydrogens is 498 g/mol. The Balaban J connectivity index is 1.84. The molecule has 0 unspecified atom stereocenters. The van der Waals surface area contributed by atoms with E-state index in [0.29, 0.717) is 22.7 Å². The summed E-state index contributed by atoms with van der Waals surface area (Å²) >= 11 is 0. The number of hydrogen-bond acceptors (Lipinski definition) is 4. The van der Waals surface area contributed by atoms with Gasteiger partial charge in [0.1, 0.15) is 17.0 Å². The number of carbonyl (C=O) groups excluding carboxylic acids is 1. The minimum atomic E-state index is -1.80. The van der Waals surface area contributed by atoms with Gasteiger partial charge in [-0.2, -0.15) is 0 Å². The molecule has 0 saturated heterocycles. The first-order chi connectivity index (χ1) is 19.5. The van der Waals surface area contributed by atoms with Gasteiger partial charge in [0.05, 0.1) is 19.9 Å². The van der Waals surface area contributed by atoms with Crippen molar-refractivity contribution in [2.24, 2.45) is 0 Å². The van der Waals surface area contributed by atoms with E-state index in [1.807, 2.05) is 109 Å². The third-order valence-corrected chi connectivity index (χ3v) is 7.71. The van der Waals surface area contributed by atoms with Crippen molar-refractivity contribution < 1.29 is 19.4 Å². The molecule has 1 amide bonds. The normalized spacial score (nSPS) is 16.8. The van der Waals surface area contributed by atoms with E-state index in [-0.39, 0.29) is 0 Å². The van der Waals surface area contributed by atoms with Crippen molar-refractivity contribution in [3.8, 4) is 11.5 Å². The van der Waals surface area contributed by atoms with E-state index in [0.717, 1.165) is 36.0 Å². The second kappa shape index (κ2) is 11.4. The average molecular weight is 534 g/mol. The summed E-state index contributed by atoms with van der Waals surface area (Å²) in [5.74, 6) is 1.02. The molecule has 1 atom stereocenters. The van der Waals surface area contributed by atoms with Gasteiger partial charge >= 0.3 is 0 Å². The number of fused-ring (bicyclic) bond motifs is 1. The Hall–Kier alpha value is -4.35. The molecule has 0 radical (unpaired) electrons. The molecule has 1 aliphatic heterocycles. The van der Waals surface area contributed by atoms with Crippen LogP contribution in [0.25, 0.3) is 0 Å².